The maximum atomic E-state index is 8.58. The van der Waals surface area contributed by atoms with E-state index in [-0.39, 0.29) is 63.7 Å². The van der Waals surface area contributed by atoms with Crippen molar-refractivity contribution in [3.8, 4) is 29.8 Å². The zero-order valence-electron chi connectivity index (χ0n) is 6.74. The Kier molecular flexibility index (Phi) is 9.68. The summed E-state index contributed by atoms with van der Waals surface area (Å²) in [6, 6.07) is 0. The third kappa shape index (κ3) is 2.42. The van der Waals surface area contributed by atoms with Gasteiger partial charge in [-0.1, -0.05) is 0 Å². The Bertz CT molecular complexity index is 398. The Morgan fingerprint density at radius 2 is 0.625 bits per heavy atom. The molecule has 0 heterocycles. The molecule has 0 aliphatic rings. The van der Waals surface area contributed by atoms with Crippen LogP contribution < -0.4 is 0 Å². The van der Waals surface area contributed by atoms with Crippen molar-refractivity contribution in [2.45, 2.75) is 0 Å². The molecule has 0 aliphatic carbocycles. The molecule has 0 amide bonds. The van der Waals surface area contributed by atoms with Crippen LogP contribution >= 0.6 is 0 Å². The van der Waals surface area contributed by atoms with Gasteiger partial charge in [-0.25, -0.2) is 0 Å². The van der Waals surface area contributed by atoms with E-state index in [1.165, 1.54) is 0 Å². The SMILES string of the molecule is N#[C][Fe-4]([C]#N)([C]#N)([C]#N)([C]#N)[C]#N.[Fe+2].[Fe+2].[NaH]. The van der Waals surface area contributed by atoms with Crippen LogP contribution in [0.25, 0.3) is 0 Å². The van der Waals surface area contributed by atoms with Gasteiger partial charge < -0.3 is 0 Å². The fourth-order valence-electron chi connectivity index (χ4n) is 0.265. The second kappa shape index (κ2) is 6.29. The van der Waals surface area contributed by atoms with Crippen molar-refractivity contribution in [2.75, 3.05) is 0 Å². The Balaban J connectivity index is -0.000000240. The molecule has 6 nitrogen and oxygen atoms in total. The average molecular weight is 348 g/mol. The number of hydrogen-bond donors (Lipinski definition) is 0. The molecule has 0 atom stereocenters. The summed E-state index contributed by atoms with van der Waals surface area (Å²) in [6.45, 7) is 0. The fourth-order valence-corrected chi connectivity index (χ4v) is 1.09. The van der Waals surface area contributed by atoms with E-state index < -0.39 is 10.7 Å². The second-order valence-corrected chi connectivity index (χ2v) is 7.42. The van der Waals surface area contributed by atoms with Crippen molar-refractivity contribution in [1.82, 2.24) is 0 Å². The van der Waals surface area contributed by atoms with Crippen molar-refractivity contribution in [2.24, 2.45) is 0 Å². The van der Waals surface area contributed by atoms with Crippen molar-refractivity contribution >= 4 is 29.6 Å². The van der Waals surface area contributed by atoms with Gasteiger partial charge in [-0.15, -0.1) is 0 Å². The van der Waals surface area contributed by atoms with Gasteiger partial charge in [0, 0.05) is 0 Å². The van der Waals surface area contributed by atoms with Gasteiger partial charge in [0.2, 0.25) is 0 Å². The molecule has 0 aliphatic heterocycles. The monoisotopic (exact) mass is 348 g/mol. The number of nitrogens with zero attached hydrogens (tertiary/aromatic N) is 6. The van der Waals surface area contributed by atoms with Crippen LogP contribution in [0.5, 0.6) is 0 Å². The molecule has 0 bridgehead atoms. The van der Waals surface area contributed by atoms with E-state index in [1.54, 1.807) is 0 Å². The molecule has 0 unspecified atom stereocenters. The predicted molar refractivity (Wildman–Crippen MR) is 40.8 cm³/mol. The van der Waals surface area contributed by atoms with E-state index in [0.717, 1.165) is 29.8 Å². The number of hydrogen-bond acceptors (Lipinski definition) is 6. The Morgan fingerprint density at radius 3 is 0.625 bits per heavy atom. The Morgan fingerprint density at radius 1 is 0.500 bits per heavy atom. The van der Waals surface area contributed by atoms with Crippen LogP contribution in [0.1, 0.15) is 0 Å². The summed E-state index contributed by atoms with van der Waals surface area (Å²) in [6.07, 6.45) is 0. The summed E-state index contributed by atoms with van der Waals surface area (Å²) in [5.41, 5.74) is 0. The van der Waals surface area contributed by atoms with Crippen LogP contribution in [-0.4, -0.2) is 29.6 Å². The molecule has 0 rings (SSSR count). The molecule has 0 radical (unpaired) electrons. The van der Waals surface area contributed by atoms with Crippen LogP contribution in [0.3, 0.4) is 0 Å². The van der Waals surface area contributed by atoms with Gasteiger partial charge in [0.1, 0.15) is 0 Å². The van der Waals surface area contributed by atoms with Crippen LogP contribution in [-0.2, 0) is 44.9 Å². The first-order valence-electron chi connectivity index (χ1n) is 2.40. The maximum absolute atomic E-state index is 8.58. The molecule has 16 heavy (non-hydrogen) atoms. The zero-order chi connectivity index (χ0) is 10.7. The molecule has 0 saturated heterocycles. The molecule has 0 spiro atoms. The van der Waals surface area contributed by atoms with Crippen LogP contribution in [0, 0.1) is 61.4 Å². The molecule has 80 valence electrons. The first-order chi connectivity index (χ1) is 5.97. The minimum absolute atomic E-state index is 0. The molecule has 0 aromatic heterocycles. The van der Waals surface area contributed by atoms with Crippen LogP contribution in [0.2, 0.25) is 0 Å². The summed E-state index contributed by atoms with van der Waals surface area (Å²) in [4.78, 5) is 6.19. The molecular formula is C6HFe3N6Na. The molecule has 0 N–H and O–H groups in total. The fraction of sp³-hybridized carbons (Fsp3) is 0. The van der Waals surface area contributed by atoms with Crippen molar-refractivity contribution in [3.05, 3.63) is 0 Å². The van der Waals surface area contributed by atoms with E-state index in [4.69, 9.17) is 31.6 Å². The van der Waals surface area contributed by atoms with Gasteiger partial charge in [-0.3, -0.25) is 0 Å². The zero-order valence-corrected chi connectivity index (χ0v) is 10.1. The summed E-state index contributed by atoms with van der Waals surface area (Å²) in [7, 11) is -6.17. The minimum atomic E-state index is -6.17. The summed E-state index contributed by atoms with van der Waals surface area (Å²) < 4.78 is 0. The van der Waals surface area contributed by atoms with E-state index in [2.05, 4.69) is 0 Å². The molecule has 0 aromatic rings. The number of rotatable bonds is 0. The first-order valence-corrected chi connectivity index (χ1v) is 5.71. The first kappa shape index (κ1) is 24.6. The van der Waals surface area contributed by atoms with Crippen LogP contribution in [0.4, 0.5) is 0 Å². The molecule has 10 heteroatoms. The Labute approximate surface area is 134 Å². The van der Waals surface area contributed by atoms with E-state index in [9.17, 15) is 0 Å². The van der Waals surface area contributed by atoms with Gasteiger partial charge in [0.25, 0.3) is 0 Å². The normalized spacial score (nSPS) is 10.9. The van der Waals surface area contributed by atoms with Gasteiger partial charge in [0.15, 0.2) is 0 Å². The summed E-state index contributed by atoms with van der Waals surface area (Å²) in [5, 5.41) is 51.5. The molecule has 0 aromatic carbocycles. The molecule has 0 fully saturated rings. The van der Waals surface area contributed by atoms with E-state index in [1.807, 2.05) is 0 Å². The van der Waals surface area contributed by atoms with Gasteiger partial charge in [-0.05, 0) is 0 Å². The van der Waals surface area contributed by atoms with E-state index >= 15 is 0 Å². The molecule has 0 saturated carbocycles. The van der Waals surface area contributed by atoms with Gasteiger partial charge >= 0.3 is 136 Å². The second-order valence-electron chi connectivity index (χ2n) is 1.80. The van der Waals surface area contributed by atoms with Crippen molar-refractivity contribution in [1.29, 1.82) is 31.6 Å². The quantitative estimate of drug-likeness (QED) is 0.537. The van der Waals surface area contributed by atoms with Gasteiger partial charge in [0.05, 0.1) is 0 Å². The molecular weight excluding hydrogens is 347 g/mol. The predicted octanol–water partition coefficient (Wildman–Crippen LogP) is -0.555. The Hall–Kier alpha value is -0.502. The topological polar surface area (TPSA) is 143 Å². The van der Waals surface area contributed by atoms with Gasteiger partial charge in [-0.2, -0.15) is 0 Å². The van der Waals surface area contributed by atoms with E-state index in [0.29, 0.717) is 0 Å². The van der Waals surface area contributed by atoms with Crippen LogP contribution in [0.15, 0.2) is 0 Å². The standard InChI is InChI=1S/6CN.3Fe.Na.H/c6*1-2;;;;;/q;;;;;;-4;2*+2;;. The third-order valence-corrected chi connectivity index (χ3v) is 4.89. The average Bonchev–Trinajstić information content (AvgIpc) is 2.26. The van der Waals surface area contributed by atoms with Crippen molar-refractivity contribution in [3.63, 3.8) is 0 Å². The summed E-state index contributed by atoms with van der Waals surface area (Å²) in [5.74, 6) is 0. The van der Waals surface area contributed by atoms with Crippen molar-refractivity contribution < 1.29 is 44.9 Å². The number of nitriles is 6. The summed E-state index contributed by atoms with van der Waals surface area (Å²) >= 11 is 0. The third-order valence-electron chi connectivity index (χ3n) is 1.19.